The first kappa shape index (κ1) is 14.5. The van der Waals surface area contributed by atoms with E-state index in [2.05, 4.69) is 53.1 Å². The second-order valence-corrected chi connectivity index (χ2v) is 8.39. The summed E-state index contributed by atoms with van der Waals surface area (Å²) in [4.78, 5) is 12.1. The molecular weight excluding hydrogens is 469 g/mol. The molecule has 0 saturated carbocycles. The number of carbonyl (C=O) groups is 1. The molecule has 0 atom stereocenters. The van der Waals surface area contributed by atoms with E-state index in [9.17, 15) is 4.79 Å². The minimum atomic E-state index is -0.205. The van der Waals surface area contributed by atoms with Crippen LogP contribution in [0, 0.1) is 0 Å². The summed E-state index contributed by atoms with van der Waals surface area (Å²) in [6, 6.07) is 7.06. The minimum Gasteiger partial charge on any atom is -0.321 e. The molecule has 1 aromatic heterocycles. The van der Waals surface area contributed by atoms with Crippen molar-refractivity contribution >= 4 is 82.3 Å². The fourth-order valence-electron chi connectivity index (χ4n) is 1.28. The van der Waals surface area contributed by atoms with Crippen molar-refractivity contribution in [3.05, 3.63) is 46.9 Å². The molecule has 1 aromatic carbocycles. The Hall–Kier alpha value is 0.120. The predicted octanol–water partition coefficient (Wildman–Crippen LogP) is 5.94. The molecule has 0 unspecified atom stereocenters. The standard InChI is InChI=1S/C11H5Br3ClNOS/c12-5-1-2-7(15)8(3-5)16-11(17)6-4-9(13)18-10(6)14/h1-4H,(H,16,17). The lowest BCUT2D eigenvalue weighted by Crippen LogP contribution is -2.11. The van der Waals surface area contributed by atoms with Crippen LogP contribution in [-0.2, 0) is 0 Å². The molecule has 0 bridgehead atoms. The third-order valence-corrected chi connectivity index (χ3v) is 5.24. The summed E-state index contributed by atoms with van der Waals surface area (Å²) in [5, 5.41) is 3.27. The van der Waals surface area contributed by atoms with Gasteiger partial charge in [0.2, 0.25) is 0 Å². The fraction of sp³-hybridized carbons (Fsp3) is 0. The number of nitrogens with one attached hydrogen (secondary N) is 1. The van der Waals surface area contributed by atoms with E-state index in [4.69, 9.17) is 11.6 Å². The van der Waals surface area contributed by atoms with Crippen molar-refractivity contribution in [1.29, 1.82) is 0 Å². The van der Waals surface area contributed by atoms with Crippen LogP contribution in [0.1, 0.15) is 10.4 Å². The van der Waals surface area contributed by atoms with Gasteiger partial charge in [-0.1, -0.05) is 27.5 Å². The van der Waals surface area contributed by atoms with Crippen molar-refractivity contribution in [2.45, 2.75) is 0 Å². The Kier molecular flexibility index (Phi) is 4.88. The Morgan fingerprint density at radius 1 is 1.22 bits per heavy atom. The predicted molar refractivity (Wildman–Crippen MR) is 86.8 cm³/mol. The third-order valence-electron chi connectivity index (χ3n) is 2.08. The van der Waals surface area contributed by atoms with Crippen molar-refractivity contribution < 1.29 is 4.79 Å². The number of anilines is 1. The van der Waals surface area contributed by atoms with Gasteiger partial charge in [-0.3, -0.25) is 4.79 Å². The lowest BCUT2D eigenvalue weighted by Gasteiger charge is -2.07. The smallest absolute Gasteiger partial charge is 0.257 e. The summed E-state index contributed by atoms with van der Waals surface area (Å²) in [5.74, 6) is -0.205. The Balaban J connectivity index is 2.26. The Morgan fingerprint density at radius 3 is 2.56 bits per heavy atom. The normalized spacial score (nSPS) is 10.4. The molecule has 1 N–H and O–H groups in total. The summed E-state index contributed by atoms with van der Waals surface area (Å²) in [7, 11) is 0. The van der Waals surface area contributed by atoms with Crippen LogP contribution < -0.4 is 5.32 Å². The van der Waals surface area contributed by atoms with Gasteiger partial charge in [-0.2, -0.15) is 0 Å². The molecule has 7 heteroatoms. The van der Waals surface area contributed by atoms with E-state index in [-0.39, 0.29) is 5.91 Å². The van der Waals surface area contributed by atoms with Crippen molar-refractivity contribution in [1.82, 2.24) is 0 Å². The largest absolute Gasteiger partial charge is 0.321 e. The van der Waals surface area contributed by atoms with E-state index in [1.807, 2.05) is 6.07 Å². The maximum Gasteiger partial charge on any atom is 0.257 e. The number of amides is 1. The van der Waals surface area contributed by atoms with Crippen LogP contribution in [0.4, 0.5) is 5.69 Å². The highest BCUT2D eigenvalue weighted by molar-refractivity contribution is 9.12. The van der Waals surface area contributed by atoms with Crippen molar-refractivity contribution in [3.63, 3.8) is 0 Å². The molecule has 0 spiro atoms. The number of rotatable bonds is 2. The van der Waals surface area contributed by atoms with Crippen LogP contribution in [0.2, 0.25) is 5.02 Å². The summed E-state index contributed by atoms with van der Waals surface area (Å²) in [6.45, 7) is 0. The molecule has 94 valence electrons. The maximum atomic E-state index is 12.1. The van der Waals surface area contributed by atoms with Gasteiger partial charge in [0.05, 0.1) is 23.8 Å². The molecule has 2 nitrogen and oxygen atoms in total. The number of halogens is 4. The molecule has 2 rings (SSSR count). The van der Waals surface area contributed by atoms with E-state index >= 15 is 0 Å². The average molecular weight is 474 g/mol. The Bertz CT molecular complexity index is 614. The molecule has 0 aliphatic heterocycles. The highest BCUT2D eigenvalue weighted by atomic mass is 79.9. The summed E-state index contributed by atoms with van der Waals surface area (Å²) >= 11 is 17.5. The van der Waals surface area contributed by atoms with E-state index in [0.717, 1.165) is 12.0 Å². The molecule has 2 aromatic rings. The maximum absolute atomic E-state index is 12.1. The Morgan fingerprint density at radius 2 is 1.94 bits per heavy atom. The van der Waals surface area contributed by atoms with Gasteiger partial charge in [0.1, 0.15) is 0 Å². The van der Waals surface area contributed by atoms with Gasteiger partial charge in [-0.15, -0.1) is 11.3 Å². The molecule has 0 saturated heterocycles. The number of hydrogen-bond donors (Lipinski definition) is 1. The highest BCUT2D eigenvalue weighted by Crippen LogP contribution is 2.33. The molecule has 1 heterocycles. The molecule has 0 aliphatic rings. The van der Waals surface area contributed by atoms with Crippen LogP contribution in [0.3, 0.4) is 0 Å². The van der Waals surface area contributed by atoms with Gasteiger partial charge in [-0.25, -0.2) is 0 Å². The molecule has 0 radical (unpaired) electrons. The van der Waals surface area contributed by atoms with Gasteiger partial charge in [0.15, 0.2) is 0 Å². The zero-order valence-corrected chi connectivity index (χ0v) is 15.0. The van der Waals surface area contributed by atoms with Gasteiger partial charge in [0.25, 0.3) is 5.91 Å². The second kappa shape index (κ2) is 6.05. The van der Waals surface area contributed by atoms with Gasteiger partial charge >= 0.3 is 0 Å². The number of thiophene rings is 1. The molecule has 0 aliphatic carbocycles. The van der Waals surface area contributed by atoms with Crippen molar-refractivity contribution in [2.24, 2.45) is 0 Å². The number of carbonyl (C=O) groups excluding carboxylic acids is 1. The first-order chi connectivity index (χ1) is 8.47. The lowest BCUT2D eigenvalue weighted by atomic mass is 10.3. The molecular formula is C11H5Br3ClNOS. The number of benzene rings is 1. The number of hydrogen-bond acceptors (Lipinski definition) is 2. The van der Waals surface area contributed by atoms with E-state index in [0.29, 0.717) is 16.3 Å². The Labute approximate surface area is 138 Å². The molecule has 1 amide bonds. The SMILES string of the molecule is O=C(Nc1cc(Br)ccc1Cl)c1cc(Br)sc1Br. The minimum absolute atomic E-state index is 0.205. The summed E-state index contributed by atoms with van der Waals surface area (Å²) < 4.78 is 2.52. The summed E-state index contributed by atoms with van der Waals surface area (Å²) in [6.07, 6.45) is 0. The second-order valence-electron chi connectivity index (χ2n) is 3.32. The molecule has 18 heavy (non-hydrogen) atoms. The fourth-order valence-corrected chi connectivity index (χ4v) is 4.60. The van der Waals surface area contributed by atoms with Crippen LogP contribution >= 0.6 is 70.7 Å². The highest BCUT2D eigenvalue weighted by Gasteiger charge is 2.15. The van der Waals surface area contributed by atoms with Crippen LogP contribution in [0.5, 0.6) is 0 Å². The van der Waals surface area contributed by atoms with E-state index in [1.54, 1.807) is 18.2 Å². The van der Waals surface area contributed by atoms with Crippen LogP contribution in [-0.4, -0.2) is 5.91 Å². The van der Waals surface area contributed by atoms with E-state index < -0.39 is 0 Å². The quantitative estimate of drug-likeness (QED) is 0.574. The van der Waals surface area contributed by atoms with E-state index in [1.165, 1.54) is 11.3 Å². The zero-order valence-electron chi connectivity index (χ0n) is 8.64. The first-order valence-electron chi connectivity index (χ1n) is 4.68. The van der Waals surface area contributed by atoms with Gasteiger partial charge in [0, 0.05) is 4.47 Å². The van der Waals surface area contributed by atoms with Crippen molar-refractivity contribution in [2.75, 3.05) is 5.32 Å². The van der Waals surface area contributed by atoms with Crippen LogP contribution in [0.15, 0.2) is 36.3 Å². The van der Waals surface area contributed by atoms with Crippen molar-refractivity contribution in [3.8, 4) is 0 Å². The first-order valence-corrected chi connectivity index (χ1v) is 8.26. The zero-order chi connectivity index (χ0) is 13.3. The topological polar surface area (TPSA) is 29.1 Å². The van der Waals surface area contributed by atoms with Gasteiger partial charge in [-0.05, 0) is 56.1 Å². The third kappa shape index (κ3) is 3.36. The monoisotopic (exact) mass is 471 g/mol. The van der Waals surface area contributed by atoms with Crippen LogP contribution in [0.25, 0.3) is 0 Å². The van der Waals surface area contributed by atoms with Gasteiger partial charge < -0.3 is 5.32 Å². The lowest BCUT2D eigenvalue weighted by molar-refractivity contribution is 0.102. The molecule has 0 fully saturated rings. The summed E-state index contributed by atoms with van der Waals surface area (Å²) in [5.41, 5.74) is 1.15. The average Bonchev–Trinajstić information content (AvgIpc) is 2.63.